The van der Waals surface area contributed by atoms with Crippen molar-refractivity contribution in [3.63, 3.8) is 0 Å². The van der Waals surface area contributed by atoms with Crippen molar-refractivity contribution in [2.75, 3.05) is 33.1 Å². The molecule has 0 unspecified atom stereocenters. The Labute approximate surface area is 51.0 Å². The molecule has 0 aliphatic carbocycles. The molecule has 0 fully saturated rings. The van der Waals surface area contributed by atoms with E-state index in [1.807, 2.05) is 20.4 Å². The van der Waals surface area contributed by atoms with Crippen molar-refractivity contribution in [2.45, 2.75) is 0 Å². The molecule has 0 aromatic rings. The monoisotopic (exact) mass is 135 g/mol. The van der Waals surface area contributed by atoms with E-state index in [1.54, 1.807) is 0 Å². The number of hydrogen-bond acceptors (Lipinski definition) is 2. The summed E-state index contributed by atoms with van der Waals surface area (Å²) in [6.07, 6.45) is 0.809. The minimum absolute atomic E-state index is 0.809. The lowest BCUT2D eigenvalue weighted by atomic mass is 10.8. The molecule has 0 bridgehead atoms. The second-order valence-corrected chi connectivity index (χ2v) is 6.00. The Hall–Kier alpha value is 0.190. The van der Waals surface area contributed by atoms with Crippen molar-refractivity contribution in [1.29, 1.82) is 0 Å². The van der Waals surface area contributed by atoms with Gasteiger partial charge in [-0.3, -0.25) is 0 Å². The molecular formula is C5H14NOP. The Morgan fingerprint density at radius 1 is 1.50 bits per heavy atom. The molecule has 0 aliphatic heterocycles. The van der Waals surface area contributed by atoms with E-state index in [9.17, 15) is 4.57 Å². The van der Waals surface area contributed by atoms with Gasteiger partial charge in [0.1, 0.15) is 0 Å². The molecule has 0 saturated heterocycles. The zero-order chi connectivity index (χ0) is 6.62. The minimum Gasteiger partial charge on any atom is -0.324 e. The maximum atomic E-state index is 10.9. The standard InChI is InChI=1S/C5H14NOP/c1-6-4-5-8(2,3)7/h6H,4-5H2,1-3H3. The normalized spacial score (nSPS) is 11.9. The van der Waals surface area contributed by atoms with Gasteiger partial charge >= 0.3 is 0 Å². The van der Waals surface area contributed by atoms with Crippen molar-refractivity contribution in [3.8, 4) is 0 Å². The molecular weight excluding hydrogens is 121 g/mol. The summed E-state index contributed by atoms with van der Waals surface area (Å²) in [7, 11) is 0.126. The first-order valence-corrected chi connectivity index (χ1v) is 5.53. The molecule has 0 aliphatic rings. The molecule has 0 amide bonds. The lowest BCUT2D eigenvalue weighted by molar-refractivity contribution is 0.581. The molecule has 0 radical (unpaired) electrons. The molecule has 0 aromatic heterocycles. The molecule has 0 saturated carbocycles. The lowest BCUT2D eigenvalue weighted by Crippen LogP contribution is -2.11. The van der Waals surface area contributed by atoms with E-state index < -0.39 is 7.14 Å². The summed E-state index contributed by atoms with van der Waals surface area (Å²) in [6.45, 7) is 4.49. The summed E-state index contributed by atoms with van der Waals surface area (Å²) in [4.78, 5) is 0. The van der Waals surface area contributed by atoms with Gasteiger partial charge in [-0.05, 0) is 20.4 Å². The summed E-state index contributed by atoms with van der Waals surface area (Å²) >= 11 is 0. The molecule has 0 atom stereocenters. The maximum Gasteiger partial charge on any atom is 0.0831 e. The first-order chi connectivity index (χ1) is 3.56. The molecule has 50 valence electrons. The highest BCUT2D eigenvalue weighted by Gasteiger charge is 2.03. The molecule has 0 heterocycles. The highest BCUT2D eigenvalue weighted by Crippen LogP contribution is 2.34. The van der Waals surface area contributed by atoms with Crippen molar-refractivity contribution >= 4 is 7.14 Å². The average molecular weight is 135 g/mol. The predicted octanol–water partition coefficient (Wildman–Crippen LogP) is 0.828. The Kier molecular flexibility index (Phi) is 3.34. The van der Waals surface area contributed by atoms with Gasteiger partial charge in [-0.1, -0.05) is 0 Å². The third-order valence-electron chi connectivity index (χ3n) is 0.900. The van der Waals surface area contributed by atoms with Crippen LogP contribution in [0.2, 0.25) is 0 Å². The minimum atomic E-state index is -1.74. The van der Waals surface area contributed by atoms with E-state index in [0.29, 0.717) is 0 Å². The molecule has 2 nitrogen and oxygen atoms in total. The average Bonchev–Trinajstić information content (AvgIpc) is 1.59. The number of hydrogen-bond donors (Lipinski definition) is 1. The summed E-state index contributed by atoms with van der Waals surface area (Å²) in [5.41, 5.74) is 0. The number of nitrogens with one attached hydrogen (secondary N) is 1. The van der Waals surface area contributed by atoms with Crippen LogP contribution in [0.25, 0.3) is 0 Å². The van der Waals surface area contributed by atoms with Crippen LogP contribution < -0.4 is 5.32 Å². The molecule has 1 N–H and O–H groups in total. The van der Waals surface area contributed by atoms with Gasteiger partial charge in [0.05, 0.1) is 7.14 Å². The second-order valence-electron chi connectivity index (χ2n) is 2.40. The first-order valence-electron chi connectivity index (χ1n) is 2.75. The Bertz CT molecular complexity index is 96.6. The fraction of sp³-hybridized carbons (Fsp3) is 1.00. The smallest absolute Gasteiger partial charge is 0.0831 e. The van der Waals surface area contributed by atoms with Gasteiger partial charge in [0.2, 0.25) is 0 Å². The second kappa shape index (κ2) is 3.26. The van der Waals surface area contributed by atoms with Crippen LogP contribution in [-0.4, -0.2) is 33.1 Å². The molecule has 3 heteroatoms. The van der Waals surface area contributed by atoms with Gasteiger partial charge in [-0.2, -0.15) is 0 Å². The van der Waals surface area contributed by atoms with Crippen LogP contribution in [-0.2, 0) is 4.57 Å². The van der Waals surface area contributed by atoms with Gasteiger partial charge in [0.25, 0.3) is 0 Å². The SMILES string of the molecule is CNCCP(C)(C)=O. The molecule has 0 spiro atoms. The Balaban J connectivity index is 3.26. The van der Waals surface area contributed by atoms with E-state index in [0.717, 1.165) is 12.7 Å². The third-order valence-corrected chi connectivity index (χ3v) is 2.20. The Morgan fingerprint density at radius 2 is 2.00 bits per heavy atom. The van der Waals surface area contributed by atoms with E-state index in [2.05, 4.69) is 5.32 Å². The molecule has 0 aromatic carbocycles. The Morgan fingerprint density at radius 3 is 2.12 bits per heavy atom. The fourth-order valence-corrected chi connectivity index (χ4v) is 1.14. The van der Waals surface area contributed by atoms with Gasteiger partial charge in [0, 0.05) is 12.7 Å². The van der Waals surface area contributed by atoms with E-state index in [4.69, 9.17) is 0 Å². The van der Waals surface area contributed by atoms with Gasteiger partial charge in [0.15, 0.2) is 0 Å². The van der Waals surface area contributed by atoms with Crippen molar-refractivity contribution in [1.82, 2.24) is 5.32 Å². The summed E-state index contributed by atoms with van der Waals surface area (Å²) < 4.78 is 10.9. The van der Waals surface area contributed by atoms with Crippen LogP contribution in [0.1, 0.15) is 0 Å². The van der Waals surface area contributed by atoms with E-state index in [1.165, 1.54) is 0 Å². The van der Waals surface area contributed by atoms with Crippen molar-refractivity contribution in [3.05, 3.63) is 0 Å². The predicted molar refractivity (Wildman–Crippen MR) is 38.2 cm³/mol. The van der Waals surface area contributed by atoms with Gasteiger partial charge < -0.3 is 9.88 Å². The van der Waals surface area contributed by atoms with Crippen molar-refractivity contribution < 1.29 is 4.57 Å². The highest BCUT2D eigenvalue weighted by molar-refractivity contribution is 7.62. The largest absolute Gasteiger partial charge is 0.324 e. The summed E-state index contributed by atoms with van der Waals surface area (Å²) in [5.74, 6) is 0. The van der Waals surface area contributed by atoms with Gasteiger partial charge in [-0.15, -0.1) is 0 Å². The van der Waals surface area contributed by atoms with Crippen LogP contribution in [0.15, 0.2) is 0 Å². The fourth-order valence-electron chi connectivity index (χ4n) is 0.381. The number of rotatable bonds is 3. The van der Waals surface area contributed by atoms with Crippen LogP contribution in [0.5, 0.6) is 0 Å². The topological polar surface area (TPSA) is 29.1 Å². The van der Waals surface area contributed by atoms with E-state index >= 15 is 0 Å². The van der Waals surface area contributed by atoms with Crippen LogP contribution in [0, 0.1) is 0 Å². The summed E-state index contributed by atoms with van der Waals surface area (Å²) in [6, 6.07) is 0. The third kappa shape index (κ3) is 6.19. The highest BCUT2D eigenvalue weighted by atomic mass is 31.2. The van der Waals surface area contributed by atoms with Crippen LogP contribution >= 0.6 is 7.14 Å². The zero-order valence-corrected chi connectivity index (χ0v) is 6.66. The van der Waals surface area contributed by atoms with Crippen LogP contribution in [0.3, 0.4) is 0 Å². The molecule has 0 rings (SSSR count). The zero-order valence-electron chi connectivity index (χ0n) is 5.77. The first kappa shape index (κ1) is 8.19. The molecule has 8 heavy (non-hydrogen) atoms. The lowest BCUT2D eigenvalue weighted by Gasteiger charge is -2.03. The quantitative estimate of drug-likeness (QED) is 0.581. The van der Waals surface area contributed by atoms with Crippen molar-refractivity contribution in [2.24, 2.45) is 0 Å². The summed E-state index contributed by atoms with van der Waals surface area (Å²) in [5, 5.41) is 2.95. The van der Waals surface area contributed by atoms with E-state index in [-0.39, 0.29) is 0 Å². The van der Waals surface area contributed by atoms with Gasteiger partial charge in [-0.25, -0.2) is 0 Å². The maximum absolute atomic E-state index is 10.9. The van der Waals surface area contributed by atoms with Crippen LogP contribution in [0.4, 0.5) is 0 Å².